The van der Waals surface area contributed by atoms with Crippen molar-refractivity contribution in [2.45, 2.75) is 58.2 Å². The van der Waals surface area contributed by atoms with Gasteiger partial charge in [-0.15, -0.1) is 0 Å². The summed E-state index contributed by atoms with van der Waals surface area (Å²) < 4.78 is 5.40. The first kappa shape index (κ1) is 12.2. The molecule has 3 nitrogen and oxygen atoms in total. The molecule has 0 radical (unpaired) electrons. The summed E-state index contributed by atoms with van der Waals surface area (Å²) in [5.41, 5.74) is 0.268. The van der Waals surface area contributed by atoms with Crippen LogP contribution >= 0.6 is 0 Å². The number of hydrogen-bond donors (Lipinski definition) is 1. The summed E-state index contributed by atoms with van der Waals surface area (Å²) in [7, 11) is 0. The van der Waals surface area contributed by atoms with Crippen molar-refractivity contribution in [2.24, 2.45) is 17.3 Å². The van der Waals surface area contributed by atoms with Crippen LogP contribution in [0.3, 0.4) is 0 Å². The normalized spacial score (nSPS) is 51.2. The Bertz CT molecular complexity index is 423. The SMILES string of the molecule is C[C@H]1CCC[C@]2(C)CC3OC(=O)[C@](C)(O)C3C=C12. The molecule has 0 spiro atoms. The Morgan fingerprint density at radius 2 is 2.17 bits per heavy atom. The van der Waals surface area contributed by atoms with Gasteiger partial charge >= 0.3 is 5.97 Å². The number of rotatable bonds is 0. The first-order valence-electron chi connectivity index (χ1n) is 7.00. The van der Waals surface area contributed by atoms with Gasteiger partial charge in [-0.2, -0.15) is 0 Å². The van der Waals surface area contributed by atoms with Crippen LogP contribution in [0.5, 0.6) is 0 Å². The molecule has 18 heavy (non-hydrogen) atoms. The minimum absolute atomic E-state index is 0.133. The molecule has 5 atom stereocenters. The third kappa shape index (κ3) is 1.49. The third-order valence-electron chi connectivity index (χ3n) is 5.33. The summed E-state index contributed by atoms with van der Waals surface area (Å²) in [6.07, 6.45) is 6.53. The highest BCUT2D eigenvalue weighted by Crippen LogP contribution is 2.54. The van der Waals surface area contributed by atoms with Crippen LogP contribution < -0.4 is 0 Å². The number of esters is 1. The minimum atomic E-state index is -1.34. The average molecular weight is 250 g/mol. The van der Waals surface area contributed by atoms with Crippen molar-refractivity contribution in [1.82, 2.24) is 0 Å². The van der Waals surface area contributed by atoms with E-state index in [2.05, 4.69) is 19.9 Å². The number of aliphatic hydroxyl groups is 1. The largest absolute Gasteiger partial charge is 0.459 e. The van der Waals surface area contributed by atoms with Crippen LogP contribution in [0.15, 0.2) is 11.6 Å². The van der Waals surface area contributed by atoms with Gasteiger partial charge in [0.15, 0.2) is 5.60 Å². The fourth-order valence-electron chi connectivity index (χ4n) is 4.18. The van der Waals surface area contributed by atoms with Crippen LogP contribution in [0.25, 0.3) is 0 Å². The van der Waals surface area contributed by atoms with Crippen LogP contribution in [-0.2, 0) is 9.53 Å². The predicted octanol–water partition coefficient (Wildman–Crippen LogP) is 2.44. The fourth-order valence-corrected chi connectivity index (χ4v) is 4.18. The Morgan fingerprint density at radius 1 is 1.44 bits per heavy atom. The first-order valence-corrected chi connectivity index (χ1v) is 7.00. The van der Waals surface area contributed by atoms with Crippen LogP contribution in [0.2, 0.25) is 0 Å². The highest BCUT2D eigenvalue weighted by molar-refractivity contribution is 5.82. The molecule has 1 saturated carbocycles. The van der Waals surface area contributed by atoms with Gasteiger partial charge in [-0.05, 0) is 37.5 Å². The summed E-state index contributed by atoms with van der Waals surface area (Å²) in [6.45, 7) is 6.13. The second kappa shape index (κ2) is 3.60. The molecule has 0 aromatic heterocycles. The predicted molar refractivity (Wildman–Crippen MR) is 67.8 cm³/mol. The highest BCUT2D eigenvalue weighted by atomic mass is 16.6. The molecule has 1 N–H and O–H groups in total. The number of fused-ring (bicyclic) bond motifs is 2. The minimum Gasteiger partial charge on any atom is -0.459 e. The van der Waals surface area contributed by atoms with Crippen molar-refractivity contribution in [2.75, 3.05) is 0 Å². The Morgan fingerprint density at radius 3 is 2.89 bits per heavy atom. The molecule has 1 saturated heterocycles. The molecule has 0 bridgehead atoms. The zero-order chi connectivity index (χ0) is 13.1. The van der Waals surface area contributed by atoms with E-state index in [-0.39, 0.29) is 17.4 Å². The van der Waals surface area contributed by atoms with E-state index in [1.54, 1.807) is 6.92 Å². The van der Waals surface area contributed by atoms with E-state index in [4.69, 9.17) is 4.74 Å². The maximum Gasteiger partial charge on any atom is 0.338 e. The van der Waals surface area contributed by atoms with Gasteiger partial charge in [-0.25, -0.2) is 4.79 Å². The van der Waals surface area contributed by atoms with Crippen molar-refractivity contribution in [3.63, 3.8) is 0 Å². The van der Waals surface area contributed by atoms with E-state index < -0.39 is 11.6 Å². The van der Waals surface area contributed by atoms with Crippen molar-refractivity contribution in [1.29, 1.82) is 0 Å². The summed E-state index contributed by atoms with van der Waals surface area (Å²) in [4.78, 5) is 11.8. The molecule has 2 aliphatic carbocycles. The smallest absolute Gasteiger partial charge is 0.338 e. The van der Waals surface area contributed by atoms with Crippen molar-refractivity contribution >= 4 is 5.97 Å². The summed E-state index contributed by atoms with van der Waals surface area (Å²) >= 11 is 0. The van der Waals surface area contributed by atoms with E-state index >= 15 is 0 Å². The molecule has 1 heterocycles. The van der Waals surface area contributed by atoms with Gasteiger partial charge in [0.25, 0.3) is 0 Å². The van der Waals surface area contributed by atoms with Crippen molar-refractivity contribution in [3.8, 4) is 0 Å². The lowest BCUT2D eigenvalue weighted by atomic mass is 9.59. The topological polar surface area (TPSA) is 46.5 Å². The summed E-state index contributed by atoms with van der Waals surface area (Å²) in [6, 6.07) is 0. The van der Waals surface area contributed by atoms with Crippen LogP contribution in [-0.4, -0.2) is 22.8 Å². The van der Waals surface area contributed by atoms with E-state index in [1.165, 1.54) is 24.8 Å². The Labute approximate surface area is 108 Å². The Balaban J connectivity index is 2.03. The molecule has 0 aromatic carbocycles. The van der Waals surface area contributed by atoms with Gasteiger partial charge in [-0.1, -0.05) is 31.9 Å². The molecule has 1 aliphatic heterocycles. The summed E-state index contributed by atoms with van der Waals surface area (Å²) in [5, 5.41) is 10.3. The molecule has 0 amide bonds. The summed E-state index contributed by atoms with van der Waals surface area (Å²) in [5.74, 6) is -0.0472. The molecule has 2 fully saturated rings. The van der Waals surface area contributed by atoms with E-state index in [1.807, 2.05) is 0 Å². The lowest BCUT2D eigenvalue weighted by Gasteiger charge is -2.46. The number of hydrogen-bond acceptors (Lipinski definition) is 3. The van der Waals surface area contributed by atoms with Crippen LogP contribution in [0, 0.1) is 17.3 Å². The van der Waals surface area contributed by atoms with Gasteiger partial charge in [0.2, 0.25) is 0 Å². The zero-order valence-corrected chi connectivity index (χ0v) is 11.4. The number of ether oxygens (including phenoxy) is 1. The quantitative estimate of drug-likeness (QED) is 0.530. The van der Waals surface area contributed by atoms with E-state index in [0.717, 1.165) is 6.42 Å². The maximum absolute atomic E-state index is 11.8. The van der Waals surface area contributed by atoms with Crippen LogP contribution in [0.4, 0.5) is 0 Å². The highest BCUT2D eigenvalue weighted by Gasteiger charge is 2.57. The van der Waals surface area contributed by atoms with Gasteiger partial charge in [0.05, 0.1) is 5.92 Å². The van der Waals surface area contributed by atoms with E-state index in [9.17, 15) is 9.90 Å². The van der Waals surface area contributed by atoms with Crippen LogP contribution in [0.1, 0.15) is 46.5 Å². The number of carbonyl (C=O) groups is 1. The van der Waals surface area contributed by atoms with Gasteiger partial charge < -0.3 is 9.84 Å². The molecule has 2 unspecified atom stereocenters. The molecular formula is C15H22O3. The fraction of sp³-hybridized carbons (Fsp3) is 0.800. The van der Waals surface area contributed by atoms with Gasteiger partial charge in [0, 0.05) is 0 Å². The number of carbonyl (C=O) groups excluding carboxylic acids is 1. The second-order valence-electron chi connectivity index (χ2n) is 6.80. The Kier molecular flexibility index (Phi) is 2.44. The third-order valence-corrected chi connectivity index (χ3v) is 5.33. The lowest BCUT2D eigenvalue weighted by Crippen LogP contribution is -2.43. The van der Waals surface area contributed by atoms with Gasteiger partial charge in [-0.3, -0.25) is 0 Å². The molecule has 0 aromatic rings. The average Bonchev–Trinajstić information content (AvgIpc) is 2.47. The standard InChI is InChI=1S/C15H22O3/c1-9-5-4-6-14(2)8-12-11(7-10(9)14)15(3,17)13(16)18-12/h7,9,11-12,17H,4-6,8H2,1-3H3/t9-,11?,12?,14+,15+/m0/s1. The van der Waals surface area contributed by atoms with Gasteiger partial charge in [0.1, 0.15) is 6.10 Å². The number of allylic oxidation sites excluding steroid dienone is 1. The molecular weight excluding hydrogens is 228 g/mol. The Hall–Kier alpha value is -0.830. The molecule has 3 aliphatic rings. The van der Waals surface area contributed by atoms with Crippen molar-refractivity contribution < 1.29 is 14.6 Å². The first-order chi connectivity index (χ1) is 8.34. The monoisotopic (exact) mass is 250 g/mol. The second-order valence-corrected chi connectivity index (χ2v) is 6.80. The molecule has 3 heteroatoms. The molecule has 100 valence electrons. The molecule has 3 rings (SSSR count). The zero-order valence-electron chi connectivity index (χ0n) is 11.4. The maximum atomic E-state index is 11.8. The van der Waals surface area contributed by atoms with Crippen molar-refractivity contribution in [3.05, 3.63) is 11.6 Å². The van der Waals surface area contributed by atoms with E-state index in [0.29, 0.717) is 5.92 Å². The lowest BCUT2D eigenvalue weighted by molar-refractivity contribution is -0.154.